The minimum atomic E-state index is -0.0108. The van der Waals surface area contributed by atoms with Crippen LogP contribution in [0.15, 0.2) is 47.4 Å². The summed E-state index contributed by atoms with van der Waals surface area (Å²) in [5.74, 6) is -0.0108. The molecule has 0 atom stereocenters. The molecule has 0 N–H and O–H groups in total. The first kappa shape index (κ1) is 24.8. The van der Waals surface area contributed by atoms with Crippen LogP contribution in [0.3, 0.4) is 0 Å². The molecule has 1 aliphatic rings. The van der Waals surface area contributed by atoms with E-state index in [1.165, 1.54) is 0 Å². The van der Waals surface area contributed by atoms with Crippen molar-refractivity contribution in [3.05, 3.63) is 48.0 Å². The number of carbonyl (C=O) groups excluding carboxylic acids is 1. The summed E-state index contributed by atoms with van der Waals surface area (Å²) in [6.45, 7) is 4.70. The second kappa shape index (κ2) is 11.3. The number of amides is 1. The number of benzene rings is 2. The third-order valence-electron chi connectivity index (χ3n) is 5.44. The Labute approximate surface area is 204 Å². The number of thiazole rings is 1. The summed E-state index contributed by atoms with van der Waals surface area (Å²) in [5, 5.41) is 0.756. The lowest BCUT2D eigenvalue weighted by Crippen LogP contribution is -2.43. The predicted molar refractivity (Wildman–Crippen MR) is 138 cm³/mol. The van der Waals surface area contributed by atoms with E-state index in [4.69, 9.17) is 9.72 Å². The van der Waals surface area contributed by atoms with E-state index in [2.05, 4.69) is 29.4 Å². The van der Waals surface area contributed by atoms with Gasteiger partial charge in [-0.1, -0.05) is 17.4 Å². The Hall–Kier alpha value is -1.84. The van der Waals surface area contributed by atoms with Crippen molar-refractivity contribution in [2.45, 2.75) is 4.90 Å². The zero-order chi connectivity index (χ0) is 21.8. The van der Waals surface area contributed by atoms with Crippen LogP contribution in [0.2, 0.25) is 0 Å². The van der Waals surface area contributed by atoms with Crippen LogP contribution >= 0.6 is 35.5 Å². The summed E-state index contributed by atoms with van der Waals surface area (Å²) in [7, 11) is 3.99. The number of carbonyl (C=O) groups is 1. The Bertz CT molecular complexity index is 1040. The molecule has 0 bridgehead atoms. The van der Waals surface area contributed by atoms with Crippen LogP contribution < -0.4 is 9.80 Å². The van der Waals surface area contributed by atoms with E-state index in [1.54, 1.807) is 23.1 Å². The normalized spacial score (nSPS) is 14.2. The van der Waals surface area contributed by atoms with Crippen molar-refractivity contribution in [1.29, 1.82) is 0 Å². The maximum Gasteiger partial charge on any atom is 0.260 e. The lowest BCUT2D eigenvalue weighted by atomic mass is 10.1. The van der Waals surface area contributed by atoms with Gasteiger partial charge in [0, 0.05) is 56.4 Å². The number of ether oxygens (including phenoxy) is 1. The molecule has 0 radical (unpaired) electrons. The summed E-state index contributed by atoms with van der Waals surface area (Å²) in [4.78, 5) is 25.8. The number of nitrogens with zero attached hydrogens (tertiary/aromatic N) is 4. The maximum absolute atomic E-state index is 13.6. The molecule has 172 valence electrons. The van der Waals surface area contributed by atoms with Crippen molar-refractivity contribution in [2.24, 2.45) is 0 Å². The van der Waals surface area contributed by atoms with E-state index in [9.17, 15) is 4.79 Å². The molecule has 2 aromatic carbocycles. The molecule has 0 spiro atoms. The Morgan fingerprint density at radius 2 is 1.88 bits per heavy atom. The number of anilines is 2. The summed E-state index contributed by atoms with van der Waals surface area (Å²) in [6.07, 6.45) is 2.06. The molecule has 9 heteroatoms. The van der Waals surface area contributed by atoms with E-state index < -0.39 is 0 Å². The van der Waals surface area contributed by atoms with Gasteiger partial charge in [-0.15, -0.1) is 24.2 Å². The molecule has 32 heavy (non-hydrogen) atoms. The van der Waals surface area contributed by atoms with Gasteiger partial charge in [-0.25, -0.2) is 4.98 Å². The molecule has 1 amide bonds. The van der Waals surface area contributed by atoms with Gasteiger partial charge in [0.15, 0.2) is 5.13 Å². The third-order valence-corrected chi connectivity index (χ3v) is 7.25. The Kier molecular flexibility index (Phi) is 8.79. The number of aromatic nitrogens is 1. The molecule has 0 saturated carbocycles. The highest BCUT2D eigenvalue weighted by molar-refractivity contribution is 7.98. The fraction of sp³-hybridized carbons (Fsp3) is 0.391. The summed E-state index contributed by atoms with van der Waals surface area (Å²) < 4.78 is 6.57. The molecule has 1 aromatic heterocycles. The second-order valence-electron chi connectivity index (χ2n) is 7.66. The van der Waals surface area contributed by atoms with Gasteiger partial charge in [0.1, 0.15) is 0 Å². The number of hydrogen-bond acceptors (Lipinski definition) is 7. The standard InChI is InChI=1S/C23H28N4O2S2.ClH/c1-25(2)18-9-7-17(8-10-18)22(28)27(12-11-26-13-15-29-16-14-26)23-24-21-19(30-3)5-4-6-20(21)31-23;/h4-10H,11-16H2,1-3H3;1H. The summed E-state index contributed by atoms with van der Waals surface area (Å²) in [6, 6.07) is 14.0. The van der Waals surface area contributed by atoms with Gasteiger partial charge in [-0.2, -0.15) is 0 Å². The Balaban J connectivity index is 0.00000289. The molecule has 1 fully saturated rings. The van der Waals surface area contributed by atoms with Crippen LogP contribution in [-0.2, 0) is 4.74 Å². The Morgan fingerprint density at radius 3 is 2.53 bits per heavy atom. The van der Waals surface area contributed by atoms with Gasteiger partial charge in [0.25, 0.3) is 5.91 Å². The van der Waals surface area contributed by atoms with Crippen LogP contribution in [0.4, 0.5) is 10.8 Å². The molecule has 0 aliphatic carbocycles. The molecular formula is C23H29ClN4O2S2. The number of para-hydroxylation sites is 1. The van der Waals surface area contributed by atoms with Crippen molar-refractivity contribution < 1.29 is 9.53 Å². The minimum Gasteiger partial charge on any atom is -0.379 e. The number of thioether (sulfide) groups is 1. The van der Waals surface area contributed by atoms with Crippen LogP contribution in [-0.4, -0.2) is 75.5 Å². The van der Waals surface area contributed by atoms with Crippen molar-refractivity contribution in [1.82, 2.24) is 9.88 Å². The summed E-state index contributed by atoms with van der Waals surface area (Å²) >= 11 is 3.26. The molecule has 4 rings (SSSR count). The second-order valence-corrected chi connectivity index (χ2v) is 9.51. The van der Waals surface area contributed by atoms with Crippen molar-refractivity contribution in [3.63, 3.8) is 0 Å². The van der Waals surface area contributed by atoms with E-state index in [-0.39, 0.29) is 18.3 Å². The molecule has 0 unspecified atom stereocenters. The topological polar surface area (TPSA) is 48.9 Å². The number of hydrogen-bond donors (Lipinski definition) is 0. The lowest BCUT2D eigenvalue weighted by molar-refractivity contribution is 0.0391. The fourth-order valence-electron chi connectivity index (χ4n) is 3.60. The van der Waals surface area contributed by atoms with Gasteiger partial charge in [-0.3, -0.25) is 14.6 Å². The van der Waals surface area contributed by atoms with Gasteiger partial charge in [0.2, 0.25) is 0 Å². The zero-order valence-corrected chi connectivity index (χ0v) is 21.1. The van der Waals surface area contributed by atoms with E-state index in [1.807, 2.05) is 48.2 Å². The van der Waals surface area contributed by atoms with Gasteiger partial charge in [0.05, 0.1) is 23.4 Å². The number of morpholine rings is 1. The summed E-state index contributed by atoms with van der Waals surface area (Å²) in [5.41, 5.74) is 2.72. The Morgan fingerprint density at radius 1 is 1.16 bits per heavy atom. The van der Waals surface area contributed by atoms with Crippen molar-refractivity contribution in [3.8, 4) is 0 Å². The van der Waals surface area contributed by atoms with Gasteiger partial charge < -0.3 is 9.64 Å². The quantitative estimate of drug-likeness (QED) is 0.453. The average molecular weight is 493 g/mol. The van der Waals surface area contributed by atoms with Crippen LogP contribution in [0.25, 0.3) is 10.2 Å². The lowest BCUT2D eigenvalue weighted by Gasteiger charge is -2.29. The smallest absolute Gasteiger partial charge is 0.260 e. The molecule has 3 aromatic rings. The van der Waals surface area contributed by atoms with E-state index >= 15 is 0 Å². The largest absolute Gasteiger partial charge is 0.379 e. The van der Waals surface area contributed by atoms with Crippen LogP contribution in [0.1, 0.15) is 10.4 Å². The van der Waals surface area contributed by atoms with Crippen LogP contribution in [0, 0.1) is 0 Å². The highest BCUT2D eigenvalue weighted by atomic mass is 35.5. The van der Waals surface area contributed by atoms with E-state index in [0.717, 1.165) is 58.8 Å². The van der Waals surface area contributed by atoms with Gasteiger partial charge in [-0.05, 0) is 42.7 Å². The molecule has 1 aliphatic heterocycles. The minimum absolute atomic E-state index is 0. The number of fused-ring (bicyclic) bond motifs is 1. The first-order valence-corrected chi connectivity index (χ1v) is 12.4. The molecule has 2 heterocycles. The first-order chi connectivity index (χ1) is 15.1. The predicted octanol–water partition coefficient (Wildman–Crippen LogP) is 4.49. The maximum atomic E-state index is 13.6. The highest BCUT2D eigenvalue weighted by Crippen LogP contribution is 2.34. The van der Waals surface area contributed by atoms with Crippen molar-refractivity contribution in [2.75, 3.05) is 69.5 Å². The number of rotatable bonds is 7. The van der Waals surface area contributed by atoms with Crippen molar-refractivity contribution >= 4 is 62.4 Å². The average Bonchev–Trinajstić information content (AvgIpc) is 3.24. The molecule has 6 nitrogen and oxygen atoms in total. The molecular weight excluding hydrogens is 464 g/mol. The highest BCUT2D eigenvalue weighted by Gasteiger charge is 2.23. The van der Waals surface area contributed by atoms with Crippen LogP contribution in [0.5, 0.6) is 0 Å². The SMILES string of the molecule is CSc1cccc2sc(N(CCN3CCOCC3)C(=O)c3ccc(N(C)C)cc3)nc12.Cl. The third kappa shape index (κ3) is 5.55. The monoisotopic (exact) mass is 492 g/mol. The number of halogens is 1. The van der Waals surface area contributed by atoms with E-state index in [0.29, 0.717) is 12.1 Å². The fourth-order valence-corrected chi connectivity index (χ4v) is 5.25. The van der Waals surface area contributed by atoms with Gasteiger partial charge >= 0.3 is 0 Å². The first-order valence-electron chi connectivity index (χ1n) is 10.4. The zero-order valence-electron chi connectivity index (χ0n) is 18.6. The molecule has 1 saturated heterocycles.